The number of allylic oxidation sites excluding steroid dienone is 12. The van der Waals surface area contributed by atoms with Crippen LogP contribution in [0, 0.1) is 0 Å². The van der Waals surface area contributed by atoms with Crippen molar-refractivity contribution in [2.24, 2.45) is 0 Å². The molecule has 40 heavy (non-hydrogen) atoms. The Labute approximate surface area is 239 Å². The number of rotatable bonds is 8. The van der Waals surface area contributed by atoms with E-state index >= 15 is 0 Å². The fraction of sp³-hybridized carbons (Fsp3) is 0.278. The van der Waals surface area contributed by atoms with E-state index in [0.717, 1.165) is 36.2 Å². The van der Waals surface area contributed by atoms with E-state index in [0.29, 0.717) is 13.1 Å². The van der Waals surface area contributed by atoms with Crippen molar-refractivity contribution in [1.82, 2.24) is 14.3 Å². The van der Waals surface area contributed by atoms with Gasteiger partial charge in [0, 0.05) is 13.0 Å². The summed E-state index contributed by atoms with van der Waals surface area (Å²) in [5, 5.41) is 4.74. The van der Waals surface area contributed by atoms with Gasteiger partial charge in [-0.05, 0) is 53.0 Å². The van der Waals surface area contributed by atoms with Gasteiger partial charge in [-0.3, -0.25) is 4.57 Å². The molecule has 3 aromatic rings. The second-order valence-electron chi connectivity index (χ2n) is 11.1. The van der Waals surface area contributed by atoms with E-state index < -0.39 is 0 Å². The average Bonchev–Trinajstić information content (AvgIpc) is 3.22. The minimum Gasteiger partial charge on any atom is -0.279 e. The normalized spacial score (nSPS) is 19.1. The first-order valence-corrected chi connectivity index (χ1v) is 14.3. The zero-order valence-electron chi connectivity index (χ0n) is 24.3. The van der Waals surface area contributed by atoms with Gasteiger partial charge in [0.1, 0.15) is 5.82 Å². The maximum atomic E-state index is 13.1. The molecule has 0 atom stereocenters. The highest BCUT2D eigenvalue weighted by molar-refractivity contribution is 5.76. The van der Waals surface area contributed by atoms with E-state index in [9.17, 15) is 4.79 Å². The summed E-state index contributed by atoms with van der Waals surface area (Å²) in [5.41, 5.74) is 6.08. The quantitative estimate of drug-likeness (QED) is 0.298. The molecule has 4 rings (SSSR count). The zero-order valence-corrected chi connectivity index (χ0v) is 24.3. The van der Waals surface area contributed by atoms with Crippen LogP contribution in [0.1, 0.15) is 62.2 Å². The van der Waals surface area contributed by atoms with Gasteiger partial charge in [-0.15, -0.1) is 0 Å². The van der Waals surface area contributed by atoms with Crippen molar-refractivity contribution >= 4 is 5.57 Å². The van der Waals surface area contributed by atoms with Crippen LogP contribution in [0.3, 0.4) is 0 Å². The molecule has 0 saturated carbocycles. The van der Waals surface area contributed by atoms with Crippen molar-refractivity contribution in [3.63, 3.8) is 0 Å². The van der Waals surface area contributed by atoms with Crippen LogP contribution in [0.15, 0.2) is 120 Å². The van der Waals surface area contributed by atoms with E-state index in [1.54, 1.807) is 4.68 Å². The van der Waals surface area contributed by atoms with Crippen molar-refractivity contribution in [1.29, 1.82) is 0 Å². The Kier molecular flexibility index (Phi) is 9.91. The van der Waals surface area contributed by atoms with Crippen molar-refractivity contribution in [2.75, 3.05) is 0 Å². The smallest absolute Gasteiger partial charge is 0.279 e. The molecule has 0 fully saturated rings. The fourth-order valence-electron chi connectivity index (χ4n) is 4.75. The lowest BCUT2D eigenvalue weighted by atomic mass is 9.87. The Bertz CT molecular complexity index is 1510. The Balaban J connectivity index is 1.43. The van der Waals surface area contributed by atoms with Crippen LogP contribution in [0.25, 0.3) is 5.57 Å². The van der Waals surface area contributed by atoms with Crippen LogP contribution in [0.2, 0.25) is 0 Å². The number of aromatic nitrogens is 3. The highest BCUT2D eigenvalue weighted by Crippen LogP contribution is 2.22. The van der Waals surface area contributed by atoms with E-state index in [4.69, 9.17) is 5.10 Å². The average molecular weight is 532 g/mol. The monoisotopic (exact) mass is 531 g/mol. The minimum atomic E-state index is -0.0342. The van der Waals surface area contributed by atoms with Crippen molar-refractivity contribution in [2.45, 2.75) is 65.5 Å². The molecule has 2 aromatic carbocycles. The summed E-state index contributed by atoms with van der Waals surface area (Å²) in [6.45, 7) is 9.75. The van der Waals surface area contributed by atoms with Gasteiger partial charge in [0.05, 0.1) is 6.54 Å². The van der Waals surface area contributed by atoms with Crippen molar-refractivity contribution in [3.8, 4) is 0 Å². The second-order valence-corrected chi connectivity index (χ2v) is 11.1. The van der Waals surface area contributed by atoms with Crippen LogP contribution in [0.4, 0.5) is 0 Å². The summed E-state index contributed by atoms with van der Waals surface area (Å²) in [7, 11) is 0. The molecule has 0 bridgehead atoms. The third-order valence-electron chi connectivity index (χ3n) is 7.03. The Hall–Kier alpha value is -4.18. The summed E-state index contributed by atoms with van der Waals surface area (Å²) in [6, 6.07) is 17.3. The fourth-order valence-corrected chi connectivity index (χ4v) is 4.75. The lowest BCUT2D eigenvalue weighted by Crippen LogP contribution is -2.25. The second kappa shape index (κ2) is 13.7. The molecular formula is C36H41N3O. The lowest BCUT2D eigenvalue weighted by Gasteiger charge is -2.19. The van der Waals surface area contributed by atoms with Crippen LogP contribution < -0.4 is 5.69 Å². The summed E-state index contributed by atoms with van der Waals surface area (Å²) in [4.78, 5) is 13.1. The Morgan fingerprint density at radius 1 is 0.775 bits per heavy atom. The Morgan fingerprint density at radius 2 is 1.45 bits per heavy atom. The molecule has 4 nitrogen and oxygen atoms in total. The molecule has 0 aliphatic heterocycles. The molecule has 0 spiro atoms. The molecule has 1 aromatic heterocycles. The van der Waals surface area contributed by atoms with Gasteiger partial charge in [0.25, 0.3) is 0 Å². The summed E-state index contributed by atoms with van der Waals surface area (Å²) >= 11 is 0. The minimum absolute atomic E-state index is 0.0342. The first-order valence-electron chi connectivity index (χ1n) is 14.3. The third kappa shape index (κ3) is 7.92. The molecule has 0 unspecified atom stereocenters. The first kappa shape index (κ1) is 28.8. The van der Waals surface area contributed by atoms with Gasteiger partial charge in [-0.25, -0.2) is 9.48 Å². The highest BCUT2D eigenvalue weighted by atomic mass is 16.2. The van der Waals surface area contributed by atoms with E-state index in [1.807, 2.05) is 54.0 Å². The number of benzene rings is 2. The van der Waals surface area contributed by atoms with Crippen LogP contribution in [-0.2, 0) is 31.3 Å². The molecule has 1 aliphatic carbocycles. The van der Waals surface area contributed by atoms with Crippen LogP contribution in [0.5, 0.6) is 0 Å². The standard InChI is InChI=1S/C36H41N3O/c1-5-38-34(37-39(35(38)40)28-30-23-25-33(26-24-30)36(2,3)4)22-16-18-29-17-15-21-32(27-29)31-19-13-11-9-7-6-8-10-12-14-20-31/h6-15,17,19-21,23-27H,5,16,18,22,28H2,1-4H3/b7-6-,8-6?,9-7?,10-8-,11-9-,12-10?,13-11?,14-12-,19-13-,20-14?,31-19?,31-20+. The van der Waals surface area contributed by atoms with Crippen molar-refractivity contribution < 1.29 is 0 Å². The first-order chi connectivity index (χ1) is 19.3. The molecule has 0 N–H and O–H groups in total. The van der Waals surface area contributed by atoms with Gasteiger partial charge >= 0.3 is 5.69 Å². The van der Waals surface area contributed by atoms with Gasteiger partial charge < -0.3 is 0 Å². The largest absolute Gasteiger partial charge is 0.346 e. The predicted molar refractivity (Wildman–Crippen MR) is 169 cm³/mol. The van der Waals surface area contributed by atoms with Gasteiger partial charge in [0.2, 0.25) is 0 Å². The van der Waals surface area contributed by atoms with Crippen molar-refractivity contribution in [3.05, 3.63) is 154 Å². The summed E-state index contributed by atoms with van der Waals surface area (Å²) < 4.78 is 3.42. The zero-order chi connectivity index (χ0) is 28.4. The summed E-state index contributed by atoms with van der Waals surface area (Å²) in [5.74, 6) is 0.860. The SMILES string of the molecule is CCn1c(CCCc2cccc(C3=C/C=C\C=C/C=C\C=C/C=C\3)c2)nn(Cc2ccc(C(C)(C)C)cc2)c1=O. The number of nitrogens with zero attached hydrogens (tertiary/aromatic N) is 3. The van der Waals surface area contributed by atoms with Gasteiger partial charge in [0.15, 0.2) is 0 Å². The molecule has 0 radical (unpaired) electrons. The molecule has 206 valence electrons. The van der Waals surface area contributed by atoms with Gasteiger partial charge in [-0.2, -0.15) is 5.10 Å². The number of hydrogen-bond acceptors (Lipinski definition) is 2. The molecule has 1 aliphatic rings. The molecule has 4 heteroatoms. The highest BCUT2D eigenvalue weighted by Gasteiger charge is 2.15. The lowest BCUT2D eigenvalue weighted by molar-refractivity contribution is 0.588. The Morgan fingerprint density at radius 3 is 2.12 bits per heavy atom. The maximum Gasteiger partial charge on any atom is 0.346 e. The van der Waals surface area contributed by atoms with Gasteiger partial charge in [-0.1, -0.05) is 136 Å². The maximum absolute atomic E-state index is 13.1. The predicted octanol–water partition coefficient (Wildman–Crippen LogP) is 7.76. The van der Waals surface area contributed by atoms with Crippen LogP contribution in [-0.4, -0.2) is 14.3 Å². The topological polar surface area (TPSA) is 39.8 Å². The molecule has 0 amide bonds. The third-order valence-corrected chi connectivity index (χ3v) is 7.03. The number of hydrogen-bond donors (Lipinski definition) is 0. The molecule has 0 saturated heterocycles. The molecule has 1 heterocycles. The van der Waals surface area contributed by atoms with Crippen LogP contribution >= 0.6 is 0 Å². The van der Waals surface area contributed by atoms with E-state index in [-0.39, 0.29) is 11.1 Å². The van der Waals surface area contributed by atoms with E-state index in [2.05, 4.69) is 93.6 Å². The molecular weight excluding hydrogens is 490 g/mol. The van der Waals surface area contributed by atoms with E-state index in [1.165, 1.54) is 16.7 Å². The number of aryl methyl sites for hydroxylation is 2. The summed E-state index contributed by atoms with van der Waals surface area (Å²) in [6.07, 6.45) is 25.2.